The maximum Gasteiger partial charge on any atom is 0.263 e. The standard InChI is InChI=1S/C12H11N3O2S2/c13-12(18)9-4-3-5-10(8-9)19(16,17)15-11-6-1-2-7-14-11/h1-8H,(H2,13,18)(H,14,15). The highest BCUT2D eigenvalue weighted by Gasteiger charge is 2.15. The van der Waals surface area contributed by atoms with Gasteiger partial charge >= 0.3 is 0 Å². The van der Waals surface area contributed by atoms with Gasteiger partial charge < -0.3 is 5.73 Å². The topological polar surface area (TPSA) is 85.1 Å². The molecule has 7 heteroatoms. The number of aromatic nitrogens is 1. The highest BCUT2D eigenvalue weighted by molar-refractivity contribution is 7.92. The zero-order chi connectivity index (χ0) is 13.9. The minimum atomic E-state index is -3.70. The molecule has 98 valence electrons. The zero-order valence-electron chi connectivity index (χ0n) is 9.78. The third-order valence-electron chi connectivity index (χ3n) is 2.33. The summed E-state index contributed by atoms with van der Waals surface area (Å²) in [5.41, 5.74) is 5.98. The lowest BCUT2D eigenvalue weighted by atomic mass is 10.2. The molecule has 0 aliphatic heterocycles. The van der Waals surface area contributed by atoms with Crippen LogP contribution in [0, 0.1) is 0 Å². The molecule has 0 aliphatic rings. The van der Waals surface area contributed by atoms with Crippen LogP contribution in [0.5, 0.6) is 0 Å². The number of anilines is 1. The van der Waals surface area contributed by atoms with E-state index >= 15 is 0 Å². The van der Waals surface area contributed by atoms with E-state index < -0.39 is 10.0 Å². The first-order chi connectivity index (χ1) is 8.99. The van der Waals surface area contributed by atoms with E-state index in [1.165, 1.54) is 18.3 Å². The molecule has 0 amide bonds. The molecule has 0 fully saturated rings. The first kappa shape index (κ1) is 13.4. The number of nitrogens with two attached hydrogens (primary N) is 1. The minimum absolute atomic E-state index is 0.0865. The Bertz CT molecular complexity index is 700. The molecule has 0 bridgehead atoms. The molecule has 0 aliphatic carbocycles. The van der Waals surface area contributed by atoms with Gasteiger partial charge in [0, 0.05) is 11.8 Å². The van der Waals surface area contributed by atoms with E-state index in [0.717, 1.165) is 0 Å². The van der Waals surface area contributed by atoms with Crippen LogP contribution in [0.3, 0.4) is 0 Å². The Morgan fingerprint density at radius 1 is 1.21 bits per heavy atom. The van der Waals surface area contributed by atoms with Crippen molar-refractivity contribution in [1.82, 2.24) is 4.98 Å². The van der Waals surface area contributed by atoms with Gasteiger partial charge in [-0.15, -0.1) is 0 Å². The number of nitrogens with one attached hydrogen (secondary N) is 1. The van der Waals surface area contributed by atoms with Crippen molar-refractivity contribution in [3.8, 4) is 0 Å². The van der Waals surface area contributed by atoms with Gasteiger partial charge in [-0.2, -0.15) is 0 Å². The Morgan fingerprint density at radius 3 is 2.63 bits per heavy atom. The Kier molecular flexibility index (Phi) is 3.77. The number of rotatable bonds is 4. The van der Waals surface area contributed by atoms with Gasteiger partial charge in [0.1, 0.15) is 10.8 Å². The Hall–Kier alpha value is -1.99. The highest BCUT2D eigenvalue weighted by Crippen LogP contribution is 2.15. The lowest BCUT2D eigenvalue weighted by Gasteiger charge is -2.08. The smallest absolute Gasteiger partial charge is 0.263 e. The molecule has 1 heterocycles. The molecule has 0 spiro atoms. The van der Waals surface area contributed by atoms with Crippen LogP contribution in [0.4, 0.5) is 5.82 Å². The van der Waals surface area contributed by atoms with E-state index in [0.29, 0.717) is 5.56 Å². The molecule has 0 unspecified atom stereocenters. The van der Waals surface area contributed by atoms with Gasteiger partial charge in [0.05, 0.1) is 4.90 Å². The van der Waals surface area contributed by atoms with Crippen LogP contribution in [0.15, 0.2) is 53.6 Å². The molecule has 0 saturated carbocycles. The fourth-order valence-corrected chi connectivity index (χ4v) is 2.62. The molecule has 1 aromatic carbocycles. The number of hydrogen-bond acceptors (Lipinski definition) is 4. The normalized spacial score (nSPS) is 10.9. The lowest BCUT2D eigenvalue weighted by molar-refractivity contribution is 0.601. The summed E-state index contributed by atoms with van der Waals surface area (Å²) >= 11 is 4.82. The number of sulfonamides is 1. The van der Waals surface area contributed by atoms with Crippen molar-refractivity contribution in [3.63, 3.8) is 0 Å². The highest BCUT2D eigenvalue weighted by atomic mass is 32.2. The van der Waals surface area contributed by atoms with E-state index in [-0.39, 0.29) is 15.7 Å². The van der Waals surface area contributed by atoms with E-state index in [4.69, 9.17) is 18.0 Å². The third kappa shape index (κ3) is 3.27. The molecule has 3 N–H and O–H groups in total. The van der Waals surface area contributed by atoms with Gasteiger partial charge in [0.2, 0.25) is 0 Å². The van der Waals surface area contributed by atoms with Crippen LogP contribution in [-0.4, -0.2) is 18.4 Å². The summed E-state index contributed by atoms with van der Waals surface area (Å²) < 4.78 is 26.7. The summed E-state index contributed by atoms with van der Waals surface area (Å²) in [5, 5.41) is 0. The first-order valence-corrected chi connectivity index (χ1v) is 7.22. The molecule has 2 rings (SSSR count). The van der Waals surface area contributed by atoms with Gasteiger partial charge in [-0.25, -0.2) is 13.4 Å². The largest absolute Gasteiger partial charge is 0.389 e. The van der Waals surface area contributed by atoms with Crippen molar-refractivity contribution in [3.05, 3.63) is 54.2 Å². The number of nitrogens with zero attached hydrogens (tertiary/aromatic N) is 1. The Labute approximate surface area is 116 Å². The summed E-state index contributed by atoms with van der Waals surface area (Å²) in [6, 6.07) is 11.1. The molecular weight excluding hydrogens is 282 g/mol. The van der Waals surface area contributed by atoms with Gasteiger partial charge in [-0.1, -0.05) is 30.4 Å². The van der Waals surface area contributed by atoms with E-state index in [1.54, 1.807) is 30.3 Å². The average molecular weight is 293 g/mol. The molecule has 0 saturated heterocycles. The summed E-state index contributed by atoms with van der Waals surface area (Å²) in [7, 11) is -3.70. The third-order valence-corrected chi connectivity index (χ3v) is 3.92. The predicted molar refractivity (Wildman–Crippen MR) is 77.4 cm³/mol. The number of benzene rings is 1. The van der Waals surface area contributed by atoms with Gasteiger partial charge in [0.25, 0.3) is 10.0 Å². The lowest BCUT2D eigenvalue weighted by Crippen LogP contribution is -2.15. The SMILES string of the molecule is NC(=S)c1cccc(S(=O)(=O)Nc2ccccn2)c1. The van der Waals surface area contributed by atoms with Crippen molar-refractivity contribution in [2.45, 2.75) is 4.90 Å². The Morgan fingerprint density at radius 2 is 2.00 bits per heavy atom. The summed E-state index contributed by atoms with van der Waals surface area (Å²) in [6.45, 7) is 0. The van der Waals surface area contributed by atoms with E-state index in [1.807, 2.05) is 0 Å². The van der Waals surface area contributed by atoms with E-state index in [9.17, 15) is 8.42 Å². The number of pyridine rings is 1. The molecule has 19 heavy (non-hydrogen) atoms. The number of hydrogen-bond donors (Lipinski definition) is 2. The van der Waals surface area contributed by atoms with Gasteiger partial charge in [-0.3, -0.25) is 4.72 Å². The van der Waals surface area contributed by atoms with E-state index in [2.05, 4.69) is 9.71 Å². The van der Waals surface area contributed by atoms with Crippen molar-refractivity contribution in [1.29, 1.82) is 0 Å². The molecule has 1 aromatic heterocycles. The average Bonchev–Trinajstić information content (AvgIpc) is 2.39. The zero-order valence-corrected chi connectivity index (χ0v) is 11.4. The van der Waals surface area contributed by atoms with Crippen molar-refractivity contribution >= 4 is 33.0 Å². The summed E-state index contributed by atoms with van der Waals surface area (Å²) in [4.78, 5) is 4.14. The minimum Gasteiger partial charge on any atom is -0.389 e. The molecule has 5 nitrogen and oxygen atoms in total. The maximum absolute atomic E-state index is 12.1. The monoisotopic (exact) mass is 293 g/mol. The van der Waals surface area contributed by atoms with Crippen molar-refractivity contribution < 1.29 is 8.42 Å². The molecular formula is C12H11N3O2S2. The molecule has 2 aromatic rings. The maximum atomic E-state index is 12.1. The van der Waals surface area contributed by atoms with Crippen LogP contribution < -0.4 is 10.5 Å². The number of thiocarbonyl (C=S) groups is 1. The fourth-order valence-electron chi connectivity index (χ4n) is 1.44. The van der Waals surface area contributed by atoms with Gasteiger partial charge in [0.15, 0.2) is 0 Å². The van der Waals surface area contributed by atoms with Crippen LogP contribution in [-0.2, 0) is 10.0 Å². The summed E-state index contributed by atoms with van der Waals surface area (Å²) in [6.07, 6.45) is 1.50. The fraction of sp³-hybridized carbons (Fsp3) is 0. The van der Waals surface area contributed by atoms with Gasteiger partial charge in [-0.05, 0) is 24.3 Å². The first-order valence-electron chi connectivity index (χ1n) is 5.33. The quantitative estimate of drug-likeness (QED) is 0.835. The Balaban J connectivity index is 2.35. The van der Waals surface area contributed by atoms with Crippen molar-refractivity contribution in [2.24, 2.45) is 5.73 Å². The second-order valence-corrected chi connectivity index (χ2v) is 5.83. The summed E-state index contributed by atoms with van der Waals surface area (Å²) in [5.74, 6) is 0.253. The molecule has 0 atom stereocenters. The van der Waals surface area contributed by atoms with Crippen LogP contribution in [0.25, 0.3) is 0 Å². The predicted octanol–water partition coefficient (Wildman–Crippen LogP) is 1.52. The second kappa shape index (κ2) is 5.33. The van der Waals surface area contributed by atoms with Crippen molar-refractivity contribution in [2.75, 3.05) is 4.72 Å². The second-order valence-electron chi connectivity index (χ2n) is 3.71. The van der Waals surface area contributed by atoms with Crippen LogP contribution >= 0.6 is 12.2 Å². The molecule has 0 radical (unpaired) electrons. The van der Waals surface area contributed by atoms with Crippen LogP contribution in [0.2, 0.25) is 0 Å². The van der Waals surface area contributed by atoms with Crippen LogP contribution in [0.1, 0.15) is 5.56 Å².